The van der Waals surface area contributed by atoms with Crippen molar-refractivity contribution in [2.24, 2.45) is 11.8 Å². The maximum atomic E-state index is 12.7. The van der Waals surface area contributed by atoms with Crippen LogP contribution in [0.15, 0.2) is 36.9 Å². The van der Waals surface area contributed by atoms with Gasteiger partial charge in [-0.1, -0.05) is 6.08 Å². The molecule has 0 radical (unpaired) electrons. The number of ether oxygens (including phenoxy) is 1. The van der Waals surface area contributed by atoms with E-state index in [0.29, 0.717) is 5.92 Å². The monoisotopic (exact) mass is 248 g/mol. The molecule has 18 heavy (non-hydrogen) atoms. The molecule has 1 aliphatic carbocycles. The Morgan fingerprint density at radius 1 is 1.11 bits per heavy atom. The van der Waals surface area contributed by atoms with Crippen molar-refractivity contribution in [3.63, 3.8) is 0 Å². The van der Waals surface area contributed by atoms with E-state index in [1.54, 1.807) is 12.1 Å². The Labute approximate surface area is 109 Å². The van der Waals surface area contributed by atoms with E-state index in [-0.39, 0.29) is 5.82 Å². The predicted octanol–water partition coefficient (Wildman–Crippen LogP) is 4.59. The topological polar surface area (TPSA) is 9.23 Å². The van der Waals surface area contributed by atoms with Crippen LogP contribution in [0.25, 0.3) is 0 Å². The quantitative estimate of drug-likeness (QED) is 0.693. The number of allylic oxidation sites excluding steroid dienone is 1. The molecular weight excluding hydrogens is 227 g/mol. The second-order valence-electron chi connectivity index (χ2n) is 5.18. The van der Waals surface area contributed by atoms with Crippen LogP contribution in [0.2, 0.25) is 0 Å². The van der Waals surface area contributed by atoms with E-state index in [0.717, 1.165) is 24.7 Å². The van der Waals surface area contributed by atoms with Gasteiger partial charge in [-0.2, -0.15) is 0 Å². The van der Waals surface area contributed by atoms with Crippen LogP contribution in [0.3, 0.4) is 0 Å². The molecule has 1 saturated carbocycles. The maximum absolute atomic E-state index is 12.7. The second-order valence-corrected chi connectivity index (χ2v) is 5.18. The van der Waals surface area contributed by atoms with Crippen LogP contribution in [-0.4, -0.2) is 6.61 Å². The minimum atomic E-state index is -0.215. The Hall–Kier alpha value is -1.31. The van der Waals surface area contributed by atoms with Gasteiger partial charge in [-0.05, 0) is 68.2 Å². The van der Waals surface area contributed by atoms with Crippen LogP contribution in [0.4, 0.5) is 4.39 Å². The number of hydrogen-bond acceptors (Lipinski definition) is 1. The van der Waals surface area contributed by atoms with Crippen molar-refractivity contribution >= 4 is 0 Å². The average molecular weight is 248 g/mol. The molecule has 0 aliphatic heterocycles. The third-order valence-corrected chi connectivity index (χ3v) is 3.77. The highest BCUT2D eigenvalue weighted by Gasteiger charge is 2.20. The highest BCUT2D eigenvalue weighted by molar-refractivity contribution is 5.22. The summed E-state index contributed by atoms with van der Waals surface area (Å²) >= 11 is 0. The standard InChI is InChI=1S/C16H21FO/c1-2-3-13-4-6-14(7-5-13)12-18-16-10-8-15(17)9-11-16/h2,8-11,13-14H,1,3-7,12H2. The normalized spacial score (nSPS) is 23.6. The summed E-state index contributed by atoms with van der Waals surface area (Å²) < 4.78 is 18.4. The lowest BCUT2D eigenvalue weighted by atomic mass is 9.81. The van der Waals surface area contributed by atoms with Crippen molar-refractivity contribution in [2.45, 2.75) is 32.1 Å². The Morgan fingerprint density at radius 3 is 2.33 bits per heavy atom. The summed E-state index contributed by atoms with van der Waals surface area (Å²) in [4.78, 5) is 0. The molecule has 1 nitrogen and oxygen atoms in total. The van der Waals surface area contributed by atoms with Crippen LogP contribution in [0.5, 0.6) is 5.75 Å². The fourth-order valence-electron chi connectivity index (χ4n) is 2.61. The Balaban J connectivity index is 1.72. The van der Waals surface area contributed by atoms with Crippen molar-refractivity contribution in [3.05, 3.63) is 42.7 Å². The number of rotatable bonds is 5. The van der Waals surface area contributed by atoms with Crippen molar-refractivity contribution in [1.29, 1.82) is 0 Å². The van der Waals surface area contributed by atoms with Gasteiger partial charge in [-0.3, -0.25) is 0 Å². The summed E-state index contributed by atoms with van der Waals surface area (Å²) in [5.41, 5.74) is 0. The van der Waals surface area contributed by atoms with Crippen molar-refractivity contribution in [2.75, 3.05) is 6.61 Å². The van der Waals surface area contributed by atoms with Crippen LogP contribution in [0.1, 0.15) is 32.1 Å². The van der Waals surface area contributed by atoms with Crippen LogP contribution in [-0.2, 0) is 0 Å². The molecule has 1 fully saturated rings. The number of benzene rings is 1. The highest BCUT2D eigenvalue weighted by Crippen LogP contribution is 2.31. The van der Waals surface area contributed by atoms with E-state index in [2.05, 4.69) is 6.58 Å². The fraction of sp³-hybridized carbons (Fsp3) is 0.500. The Morgan fingerprint density at radius 2 is 1.72 bits per heavy atom. The molecule has 0 atom stereocenters. The fourth-order valence-corrected chi connectivity index (χ4v) is 2.61. The van der Waals surface area contributed by atoms with Crippen LogP contribution >= 0.6 is 0 Å². The van der Waals surface area contributed by atoms with Gasteiger partial charge in [-0.25, -0.2) is 4.39 Å². The lowest BCUT2D eigenvalue weighted by molar-refractivity contribution is 0.183. The molecular formula is C16H21FO. The van der Waals surface area contributed by atoms with E-state index in [1.807, 2.05) is 6.08 Å². The largest absolute Gasteiger partial charge is 0.493 e. The summed E-state index contributed by atoms with van der Waals surface area (Å²) in [6.07, 6.45) is 8.21. The van der Waals surface area contributed by atoms with Gasteiger partial charge >= 0.3 is 0 Å². The zero-order chi connectivity index (χ0) is 12.8. The minimum Gasteiger partial charge on any atom is -0.493 e. The third kappa shape index (κ3) is 3.86. The number of halogens is 1. The SMILES string of the molecule is C=CCC1CCC(COc2ccc(F)cc2)CC1. The van der Waals surface area contributed by atoms with Crippen LogP contribution in [0, 0.1) is 17.7 Å². The molecule has 98 valence electrons. The van der Waals surface area contributed by atoms with E-state index in [9.17, 15) is 4.39 Å². The maximum Gasteiger partial charge on any atom is 0.123 e. The molecule has 0 saturated heterocycles. The van der Waals surface area contributed by atoms with Gasteiger partial charge in [0.15, 0.2) is 0 Å². The van der Waals surface area contributed by atoms with Gasteiger partial charge < -0.3 is 4.74 Å². The summed E-state index contributed by atoms with van der Waals surface area (Å²) in [5.74, 6) is 2.03. The molecule has 1 aromatic rings. The first-order valence-electron chi connectivity index (χ1n) is 6.77. The summed E-state index contributed by atoms with van der Waals surface area (Å²) in [6, 6.07) is 6.27. The van der Waals surface area contributed by atoms with Crippen LogP contribution < -0.4 is 4.74 Å². The van der Waals surface area contributed by atoms with Gasteiger partial charge in [0.25, 0.3) is 0 Å². The number of hydrogen-bond donors (Lipinski definition) is 0. The summed E-state index contributed by atoms with van der Waals surface area (Å²) in [6.45, 7) is 4.56. The van der Waals surface area contributed by atoms with Gasteiger partial charge in [0.05, 0.1) is 6.61 Å². The molecule has 2 rings (SSSR count). The molecule has 1 aliphatic rings. The Kier molecular flexibility index (Phi) is 4.80. The minimum absolute atomic E-state index is 0.215. The lowest BCUT2D eigenvalue weighted by Gasteiger charge is -2.27. The average Bonchev–Trinajstić information content (AvgIpc) is 2.40. The zero-order valence-electron chi connectivity index (χ0n) is 10.8. The summed E-state index contributed by atoms with van der Waals surface area (Å²) in [7, 11) is 0. The van der Waals surface area contributed by atoms with E-state index in [4.69, 9.17) is 4.74 Å². The molecule has 0 bridgehead atoms. The van der Waals surface area contributed by atoms with Crippen molar-refractivity contribution in [3.8, 4) is 5.75 Å². The smallest absolute Gasteiger partial charge is 0.123 e. The Bertz CT molecular complexity index is 363. The van der Waals surface area contributed by atoms with Gasteiger partial charge in [0.1, 0.15) is 11.6 Å². The molecule has 0 spiro atoms. The van der Waals surface area contributed by atoms with Gasteiger partial charge in [0, 0.05) is 0 Å². The molecule has 2 heteroatoms. The molecule has 0 aromatic heterocycles. The molecule has 0 N–H and O–H groups in total. The van der Waals surface area contributed by atoms with E-state index in [1.165, 1.54) is 37.8 Å². The van der Waals surface area contributed by atoms with Gasteiger partial charge in [0.2, 0.25) is 0 Å². The third-order valence-electron chi connectivity index (χ3n) is 3.77. The van der Waals surface area contributed by atoms with Crippen molar-refractivity contribution in [1.82, 2.24) is 0 Å². The predicted molar refractivity (Wildman–Crippen MR) is 72.2 cm³/mol. The molecule has 0 amide bonds. The van der Waals surface area contributed by atoms with E-state index >= 15 is 0 Å². The van der Waals surface area contributed by atoms with E-state index < -0.39 is 0 Å². The first-order chi connectivity index (χ1) is 8.78. The second kappa shape index (κ2) is 6.58. The molecule has 0 heterocycles. The first kappa shape index (κ1) is 13.1. The lowest BCUT2D eigenvalue weighted by Crippen LogP contribution is -2.19. The van der Waals surface area contributed by atoms with Crippen molar-refractivity contribution < 1.29 is 9.13 Å². The first-order valence-corrected chi connectivity index (χ1v) is 6.77. The van der Waals surface area contributed by atoms with Gasteiger partial charge in [-0.15, -0.1) is 6.58 Å². The molecule has 0 unspecified atom stereocenters. The molecule has 1 aromatic carbocycles. The zero-order valence-corrected chi connectivity index (χ0v) is 10.8. The highest BCUT2D eigenvalue weighted by atomic mass is 19.1. The summed E-state index contributed by atoms with van der Waals surface area (Å²) in [5, 5.41) is 0.